The van der Waals surface area contributed by atoms with Crippen molar-refractivity contribution >= 4 is 11.5 Å². The molecule has 1 aromatic heterocycles. The predicted molar refractivity (Wildman–Crippen MR) is 71.9 cm³/mol. The first-order valence-electron chi connectivity index (χ1n) is 5.84. The van der Waals surface area contributed by atoms with Gasteiger partial charge in [-0.15, -0.1) is 0 Å². The molecule has 0 unspecified atom stereocenters. The Hall–Kier alpha value is -1.94. The Bertz CT molecular complexity index is 534. The molecule has 0 radical (unpaired) electrons. The monoisotopic (exact) mass is 243 g/mol. The SMILES string of the molecule is Cc1cc(C)cc(N(C)c2cncc(CO)n2)c1. The molecular formula is C14H17N3O. The maximum atomic E-state index is 9.08. The lowest BCUT2D eigenvalue weighted by atomic mass is 10.1. The minimum Gasteiger partial charge on any atom is -0.390 e. The molecule has 2 rings (SSSR count). The lowest BCUT2D eigenvalue weighted by molar-refractivity contribution is 0.276. The van der Waals surface area contributed by atoms with Crippen LogP contribution in [0, 0.1) is 13.8 Å². The zero-order valence-electron chi connectivity index (χ0n) is 10.9. The van der Waals surface area contributed by atoms with E-state index in [-0.39, 0.29) is 6.61 Å². The minimum atomic E-state index is -0.0957. The van der Waals surface area contributed by atoms with Crippen LogP contribution in [-0.4, -0.2) is 22.1 Å². The van der Waals surface area contributed by atoms with Gasteiger partial charge in [0.1, 0.15) is 0 Å². The second-order valence-corrected chi connectivity index (χ2v) is 4.43. The van der Waals surface area contributed by atoms with Gasteiger partial charge >= 0.3 is 0 Å². The van der Waals surface area contributed by atoms with Crippen LogP contribution in [0.25, 0.3) is 0 Å². The zero-order valence-corrected chi connectivity index (χ0v) is 10.9. The molecule has 4 nitrogen and oxygen atoms in total. The molecule has 0 spiro atoms. The van der Waals surface area contributed by atoms with Crippen molar-refractivity contribution in [1.82, 2.24) is 9.97 Å². The smallest absolute Gasteiger partial charge is 0.151 e. The van der Waals surface area contributed by atoms with Crippen molar-refractivity contribution in [1.29, 1.82) is 0 Å². The van der Waals surface area contributed by atoms with E-state index in [4.69, 9.17) is 5.11 Å². The average molecular weight is 243 g/mol. The Kier molecular flexibility index (Phi) is 3.58. The summed E-state index contributed by atoms with van der Waals surface area (Å²) in [5.41, 5.74) is 4.06. The van der Waals surface area contributed by atoms with E-state index in [0.717, 1.165) is 11.5 Å². The van der Waals surface area contributed by atoms with Gasteiger partial charge in [0.05, 0.1) is 24.7 Å². The van der Waals surface area contributed by atoms with Gasteiger partial charge in [0.25, 0.3) is 0 Å². The van der Waals surface area contributed by atoms with Crippen LogP contribution in [0.5, 0.6) is 0 Å². The van der Waals surface area contributed by atoms with Crippen molar-refractivity contribution in [2.45, 2.75) is 20.5 Å². The molecular weight excluding hydrogens is 226 g/mol. The third kappa shape index (κ3) is 2.65. The molecule has 0 bridgehead atoms. The minimum absolute atomic E-state index is 0.0957. The Morgan fingerprint density at radius 1 is 1.11 bits per heavy atom. The highest BCUT2D eigenvalue weighted by atomic mass is 16.3. The first-order valence-corrected chi connectivity index (χ1v) is 5.84. The molecule has 0 saturated carbocycles. The van der Waals surface area contributed by atoms with Gasteiger partial charge in [-0.25, -0.2) is 4.98 Å². The van der Waals surface area contributed by atoms with E-state index in [1.54, 1.807) is 12.4 Å². The molecule has 1 heterocycles. The summed E-state index contributed by atoms with van der Waals surface area (Å²) in [6.07, 6.45) is 3.26. The van der Waals surface area contributed by atoms with Crippen LogP contribution < -0.4 is 4.90 Å². The number of aliphatic hydroxyl groups is 1. The van der Waals surface area contributed by atoms with Gasteiger partial charge in [0.15, 0.2) is 5.82 Å². The normalized spacial score (nSPS) is 10.4. The van der Waals surface area contributed by atoms with Gasteiger partial charge in [0.2, 0.25) is 0 Å². The molecule has 0 aliphatic heterocycles. The second kappa shape index (κ2) is 5.14. The van der Waals surface area contributed by atoms with Gasteiger partial charge in [-0.05, 0) is 37.1 Å². The van der Waals surface area contributed by atoms with Crippen molar-refractivity contribution in [3.05, 3.63) is 47.4 Å². The van der Waals surface area contributed by atoms with E-state index >= 15 is 0 Å². The van der Waals surface area contributed by atoms with E-state index in [1.807, 2.05) is 11.9 Å². The van der Waals surface area contributed by atoms with Crippen molar-refractivity contribution in [3.63, 3.8) is 0 Å². The Morgan fingerprint density at radius 2 is 1.78 bits per heavy atom. The van der Waals surface area contributed by atoms with E-state index in [0.29, 0.717) is 5.69 Å². The molecule has 0 aliphatic carbocycles. The molecule has 0 saturated heterocycles. The fraction of sp³-hybridized carbons (Fsp3) is 0.286. The average Bonchev–Trinajstić information content (AvgIpc) is 2.37. The Balaban J connectivity index is 2.37. The summed E-state index contributed by atoms with van der Waals surface area (Å²) in [6, 6.07) is 6.33. The molecule has 0 amide bonds. The Labute approximate surface area is 107 Å². The highest BCUT2D eigenvalue weighted by Gasteiger charge is 2.07. The van der Waals surface area contributed by atoms with Crippen molar-refractivity contribution < 1.29 is 5.11 Å². The highest BCUT2D eigenvalue weighted by Crippen LogP contribution is 2.23. The molecule has 2 aromatic rings. The van der Waals surface area contributed by atoms with Crippen LogP contribution in [0.15, 0.2) is 30.6 Å². The number of benzene rings is 1. The number of hydrogen-bond acceptors (Lipinski definition) is 4. The second-order valence-electron chi connectivity index (χ2n) is 4.43. The third-order valence-corrected chi connectivity index (χ3v) is 2.77. The third-order valence-electron chi connectivity index (χ3n) is 2.77. The first kappa shape index (κ1) is 12.5. The largest absolute Gasteiger partial charge is 0.390 e. The van der Waals surface area contributed by atoms with E-state index < -0.39 is 0 Å². The molecule has 0 fully saturated rings. The quantitative estimate of drug-likeness (QED) is 0.899. The van der Waals surface area contributed by atoms with Crippen molar-refractivity contribution in [2.24, 2.45) is 0 Å². The van der Waals surface area contributed by atoms with E-state index in [1.165, 1.54) is 11.1 Å². The number of anilines is 2. The molecule has 94 valence electrons. The van der Waals surface area contributed by atoms with Crippen LogP contribution in [0.1, 0.15) is 16.8 Å². The molecule has 18 heavy (non-hydrogen) atoms. The fourth-order valence-corrected chi connectivity index (χ4v) is 1.91. The maximum Gasteiger partial charge on any atom is 0.151 e. The summed E-state index contributed by atoms with van der Waals surface area (Å²) in [5.74, 6) is 0.728. The van der Waals surface area contributed by atoms with Crippen LogP contribution in [-0.2, 0) is 6.61 Å². The van der Waals surface area contributed by atoms with Crippen molar-refractivity contribution in [2.75, 3.05) is 11.9 Å². The van der Waals surface area contributed by atoms with E-state index in [2.05, 4.69) is 42.0 Å². The standard InChI is InChI=1S/C14H17N3O/c1-10-4-11(2)6-13(5-10)17(3)14-8-15-7-12(9-18)16-14/h4-8,18H,9H2,1-3H3. The van der Waals surface area contributed by atoms with Gasteiger partial charge in [-0.3, -0.25) is 4.98 Å². The first-order chi connectivity index (χ1) is 8.60. The van der Waals surface area contributed by atoms with Crippen LogP contribution in [0.3, 0.4) is 0 Å². The molecule has 1 N–H and O–H groups in total. The maximum absolute atomic E-state index is 9.08. The van der Waals surface area contributed by atoms with Crippen LogP contribution in [0.4, 0.5) is 11.5 Å². The Morgan fingerprint density at radius 3 is 2.39 bits per heavy atom. The number of rotatable bonds is 3. The van der Waals surface area contributed by atoms with Crippen LogP contribution >= 0.6 is 0 Å². The summed E-state index contributed by atoms with van der Waals surface area (Å²) in [7, 11) is 1.94. The summed E-state index contributed by atoms with van der Waals surface area (Å²) >= 11 is 0. The predicted octanol–water partition coefficient (Wildman–Crippen LogP) is 2.35. The number of aliphatic hydroxyl groups excluding tert-OH is 1. The summed E-state index contributed by atoms with van der Waals surface area (Å²) in [4.78, 5) is 10.4. The topological polar surface area (TPSA) is 49.2 Å². The number of nitrogens with zero attached hydrogens (tertiary/aromatic N) is 3. The van der Waals surface area contributed by atoms with Gasteiger partial charge in [-0.2, -0.15) is 0 Å². The lowest BCUT2D eigenvalue weighted by Gasteiger charge is -2.19. The molecule has 0 atom stereocenters. The van der Waals surface area contributed by atoms with Gasteiger partial charge in [0, 0.05) is 12.7 Å². The van der Waals surface area contributed by atoms with Gasteiger partial charge in [-0.1, -0.05) is 6.07 Å². The number of hydrogen-bond donors (Lipinski definition) is 1. The summed E-state index contributed by atoms with van der Waals surface area (Å²) < 4.78 is 0. The summed E-state index contributed by atoms with van der Waals surface area (Å²) in [5, 5.41) is 9.08. The molecule has 0 aliphatic rings. The lowest BCUT2D eigenvalue weighted by Crippen LogP contribution is -2.12. The summed E-state index contributed by atoms with van der Waals surface area (Å²) in [6.45, 7) is 4.04. The molecule has 4 heteroatoms. The van der Waals surface area contributed by atoms with Crippen molar-refractivity contribution in [3.8, 4) is 0 Å². The number of aryl methyl sites for hydroxylation is 2. The van der Waals surface area contributed by atoms with Gasteiger partial charge < -0.3 is 10.0 Å². The van der Waals surface area contributed by atoms with Crippen LogP contribution in [0.2, 0.25) is 0 Å². The highest BCUT2D eigenvalue weighted by molar-refractivity contribution is 5.60. The number of aromatic nitrogens is 2. The fourth-order valence-electron chi connectivity index (χ4n) is 1.91. The molecule has 1 aromatic carbocycles. The van der Waals surface area contributed by atoms with E-state index in [9.17, 15) is 0 Å². The zero-order chi connectivity index (χ0) is 13.1.